The van der Waals surface area contributed by atoms with E-state index in [0.717, 1.165) is 6.29 Å². The number of hydrogen-bond acceptors (Lipinski definition) is 3. The highest BCUT2D eigenvalue weighted by atomic mass is 32.1. The van der Waals surface area contributed by atoms with Crippen LogP contribution in [0.5, 0.6) is 0 Å². The number of carbonyl (C=O) groups is 1. The van der Waals surface area contributed by atoms with E-state index in [0.29, 0.717) is 6.42 Å². The van der Waals surface area contributed by atoms with Crippen molar-refractivity contribution in [3.63, 3.8) is 0 Å². The first-order valence-electron chi connectivity index (χ1n) is 6.03. The average molecular weight is 259 g/mol. The summed E-state index contributed by atoms with van der Waals surface area (Å²) in [5.41, 5.74) is 2.41. The number of benzene rings is 1. The zero-order valence-corrected chi connectivity index (χ0v) is 11.5. The van der Waals surface area contributed by atoms with Crippen LogP contribution in [0.3, 0.4) is 0 Å². The number of hydrogen-bond donors (Lipinski definition) is 1. The molecular formula is C15H17NOS. The van der Waals surface area contributed by atoms with Crippen LogP contribution in [0.15, 0.2) is 36.4 Å². The fourth-order valence-corrected chi connectivity index (χ4v) is 3.02. The summed E-state index contributed by atoms with van der Waals surface area (Å²) in [7, 11) is 1.89. The highest BCUT2D eigenvalue weighted by Crippen LogP contribution is 2.33. The predicted molar refractivity (Wildman–Crippen MR) is 77.0 cm³/mol. The van der Waals surface area contributed by atoms with Crippen LogP contribution in [-0.4, -0.2) is 13.3 Å². The van der Waals surface area contributed by atoms with Gasteiger partial charge in [0.2, 0.25) is 0 Å². The summed E-state index contributed by atoms with van der Waals surface area (Å²) < 4.78 is 0. The van der Waals surface area contributed by atoms with Crippen molar-refractivity contribution < 1.29 is 4.79 Å². The van der Waals surface area contributed by atoms with Gasteiger partial charge in [0, 0.05) is 22.2 Å². The van der Waals surface area contributed by atoms with Gasteiger partial charge in [0.1, 0.15) is 6.29 Å². The molecule has 0 saturated carbocycles. The van der Waals surface area contributed by atoms with Crippen LogP contribution in [-0.2, 0) is 4.79 Å². The summed E-state index contributed by atoms with van der Waals surface area (Å²) in [6, 6.07) is 12.6. The summed E-state index contributed by atoms with van der Waals surface area (Å²) in [5.74, 6) is 0. The third kappa shape index (κ3) is 2.68. The Balaban J connectivity index is 2.44. The predicted octanol–water partition coefficient (Wildman–Crippen LogP) is 3.57. The van der Waals surface area contributed by atoms with Gasteiger partial charge in [-0.1, -0.05) is 24.3 Å². The van der Waals surface area contributed by atoms with Crippen molar-refractivity contribution in [1.29, 1.82) is 0 Å². The van der Waals surface area contributed by atoms with Gasteiger partial charge in [0.05, 0.1) is 0 Å². The first kappa shape index (κ1) is 13.0. The van der Waals surface area contributed by atoms with Crippen molar-refractivity contribution in [2.45, 2.75) is 19.4 Å². The van der Waals surface area contributed by atoms with Gasteiger partial charge in [-0.2, -0.15) is 0 Å². The lowest BCUT2D eigenvalue weighted by atomic mass is 9.97. The Morgan fingerprint density at radius 3 is 2.67 bits per heavy atom. The second kappa shape index (κ2) is 5.94. The lowest BCUT2D eigenvalue weighted by Gasteiger charge is -2.17. The molecule has 1 unspecified atom stereocenters. The minimum Gasteiger partial charge on any atom is -0.313 e. The van der Waals surface area contributed by atoms with Crippen LogP contribution in [0.25, 0.3) is 10.4 Å². The minimum absolute atomic E-state index is 0.0844. The SMILES string of the molecule is CNC(CC=O)c1ccccc1-c1ccc(C)s1. The van der Waals surface area contributed by atoms with Gasteiger partial charge in [-0.05, 0) is 37.2 Å². The average Bonchev–Trinajstić information content (AvgIpc) is 2.82. The third-order valence-corrected chi connectivity index (χ3v) is 4.06. The first-order valence-corrected chi connectivity index (χ1v) is 6.84. The van der Waals surface area contributed by atoms with Crippen molar-refractivity contribution in [3.05, 3.63) is 46.8 Å². The molecule has 0 amide bonds. The molecule has 1 heterocycles. The Labute approximate surface area is 112 Å². The molecular weight excluding hydrogens is 242 g/mol. The van der Waals surface area contributed by atoms with E-state index in [1.54, 1.807) is 11.3 Å². The van der Waals surface area contributed by atoms with E-state index in [1.165, 1.54) is 20.9 Å². The zero-order chi connectivity index (χ0) is 13.0. The smallest absolute Gasteiger partial charge is 0.121 e. The molecule has 2 nitrogen and oxygen atoms in total. The standard InChI is InChI=1S/C15H17NOS/c1-11-7-8-15(18-11)13-6-4-3-5-12(13)14(16-2)9-10-17/h3-8,10,14,16H,9H2,1-2H3. The van der Waals surface area contributed by atoms with Gasteiger partial charge < -0.3 is 10.1 Å². The van der Waals surface area contributed by atoms with Gasteiger partial charge in [0.15, 0.2) is 0 Å². The Kier molecular flexibility index (Phi) is 4.28. The number of aldehydes is 1. The quantitative estimate of drug-likeness (QED) is 0.832. The van der Waals surface area contributed by atoms with Crippen LogP contribution in [0.2, 0.25) is 0 Å². The summed E-state index contributed by atoms with van der Waals surface area (Å²) in [4.78, 5) is 13.3. The minimum atomic E-state index is 0.0844. The van der Waals surface area contributed by atoms with E-state index in [2.05, 4.69) is 36.5 Å². The number of carbonyl (C=O) groups excluding carboxylic acids is 1. The second-order valence-corrected chi connectivity index (χ2v) is 5.53. The Morgan fingerprint density at radius 2 is 2.06 bits per heavy atom. The normalized spacial score (nSPS) is 12.3. The molecule has 1 N–H and O–H groups in total. The third-order valence-electron chi connectivity index (χ3n) is 3.02. The number of rotatable bonds is 5. The van der Waals surface area contributed by atoms with Crippen molar-refractivity contribution in [3.8, 4) is 10.4 Å². The van der Waals surface area contributed by atoms with E-state index < -0.39 is 0 Å². The van der Waals surface area contributed by atoms with Crippen molar-refractivity contribution in [2.75, 3.05) is 7.05 Å². The lowest BCUT2D eigenvalue weighted by molar-refractivity contribution is -0.108. The van der Waals surface area contributed by atoms with E-state index in [4.69, 9.17) is 0 Å². The fraction of sp³-hybridized carbons (Fsp3) is 0.267. The van der Waals surface area contributed by atoms with Gasteiger partial charge in [-0.15, -0.1) is 11.3 Å². The molecule has 2 aromatic rings. The zero-order valence-electron chi connectivity index (χ0n) is 10.6. The van der Waals surface area contributed by atoms with E-state index in [9.17, 15) is 4.79 Å². The summed E-state index contributed by atoms with van der Waals surface area (Å²) in [6.45, 7) is 2.11. The maximum absolute atomic E-state index is 10.8. The molecule has 2 rings (SSSR count). The molecule has 1 atom stereocenters. The molecule has 0 saturated heterocycles. The van der Waals surface area contributed by atoms with Crippen LogP contribution in [0.4, 0.5) is 0 Å². The van der Waals surface area contributed by atoms with Crippen LogP contribution < -0.4 is 5.32 Å². The molecule has 0 fully saturated rings. The highest BCUT2D eigenvalue weighted by Gasteiger charge is 2.14. The molecule has 0 aliphatic carbocycles. The highest BCUT2D eigenvalue weighted by molar-refractivity contribution is 7.15. The number of thiophene rings is 1. The number of nitrogens with one attached hydrogen (secondary N) is 1. The molecule has 1 aromatic carbocycles. The fourth-order valence-electron chi connectivity index (χ4n) is 2.10. The molecule has 0 aliphatic rings. The molecule has 18 heavy (non-hydrogen) atoms. The molecule has 0 radical (unpaired) electrons. The molecule has 1 aromatic heterocycles. The largest absolute Gasteiger partial charge is 0.313 e. The Hall–Kier alpha value is -1.45. The maximum atomic E-state index is 10.8. The van der Waals surface area contributed by atoms with E-state index in [1.807, 2.05) is 19.2 Å². The van der Waals surface area contributed by atoms with Gasteiger partial charge >= 0.3 is 0 Å². The van der Waals surface area contributed by atoms with Crippen LogP contribution in [0.1, 0.15) is 22.9 Å². The van der Waals surface area contributed by atoms with Gasteiger partial charge in [0.25, 0.3) is 0 Å². The topological polar surface area (TPSA) is 29.1 Å². The summed E-state index contributed by atoms with van der Waals surface area (Å²) in [5, 5.41) is 3.21. The lowest BCUT2D eigenvalue weighted by Crippen LogP contribution is -2.17. The molecule has 94 valence electrons. The monoisotopic (exact) mass is 259 g/mol. The van der Waals surface area contributed by atoms with Gasteiger partial charge in [-0.3, -0.25) is 0 Å². The van der Waals surface area contributed by atoms with E-state index >= 15 is 0 Å². The van der Waals surface area contributed by atoms with Crippen LogP contribution in [0, 0.1) is 6.92 Å². The Morgan fingerprint density at radius 1 is 1.28 bits per heavy atom. The summed E-state index contributed by atoms with van der Waals surface area (Å²) >= 11 is 1.78. The molecule has 3 heteroatoms. The molecule has 0 spiro atoms. The maximum Gasteiger partial charge on any atom is 0.121 e. The van der Waals surface area contributed by atoms with Crippen molar-refractivity contribution in [1.82, 2.24) is 5.32 Å². The van der Waals surface area contributed by atoms with Crippen LogP contribution >= 0.6 is 11.3 Å². The van der Waals surface area contributed by atoms with Crippen molar-refractivity contribution >= 4 is 17.6 Å². The van der Waals surface area contributed by atoms with Crippen molar-refractivity contribution in [2.24, 2.45) is 0 Å². The molecule has 0 aliphatic heterocycles. The number of aryl methyl sites for hydroxylation is 1. The molecule has 0 bridgehead atoms. The summed E-state index contributed by atoms with van der Waals surface area (Å²) in [6.07, 6.45) is 1.47. The second-order valence-electron chi connectivity index (χ2n) is 4.24. The van der Waals surface area contributed by atoms with Gasteiger partial charge in [-0.25, -0.2) is 0 Å². The first-order chi connectivity index (χ1) is 8.76. The Bertz CT molecular complexity index is 533. The van der Waals surface area contributed by atoms with E-state index in [-0.39, 0.29) is 6.04 Å².